The largest absolute Gasteiger partial charge is 0.387 e. The lowest BCUT2D eigenvalue weighted by molar-refractivity contribution is 0.152. The number of aliphatic hydroxyl groups excluding tert-OH is 1. The number of hydrogen-bond acceptors (Lipinski definition) is 1. The zero-order valence-corrected chi connectivity index (χ0v) is 5.80. The molecule has 0 aliphatic heterocycles. The van der Waals surface area contributed by atoms with Crippen molar-refractivity contribution in [1.29, 1.82) is 0 Å². The highest BCUT2D eigenvalue weighted by molar-refractivity contribution is 5.24. The quantitative estimate of drug-likeness (QED) is 0.557. The first-order valence-corrected chi connectivity index (χ1v) is 3.72. The Labute approximate surface area is 59.9 Å². The van der Waals surface area contributed by atoms with E-state index in [1.165, 1.54) is 5.56 Å². The molecule has 0 saturated heterocycles. The van der Waals surface area contributed by atoms with E-state index < -0.39 is 0 Å². The van der Waals surface area contributed by atoms with E-state index in [2.05, 4.69) is 11.1 Å². The summed E-state index contributed by atoms with van der Waals surface area (Å²) in [5.41, 5.74) is 2.32. The minimum absolute atomic E-state index is 0.237. The second kappa shape index (κ2) is 2.13. The van der Waals surface area contributed by atoms with E-state index in [4.69, 9.17) is 0 Å². The molecule has 1 aliphatic rings. The van der Waals surface area contributed by atoms with E-state index >= 15 is 0 Å². The van der Waals surface area contributed by atoms with Crippen LogP contribution < -0.4 is 0 Å². The van der Waals surface area contributed by atoms with Gasteiger partial charge < -0.3 is 10.1 Å². The fourth-order valence-electron chi connectivity index (χ4n) is 1.57. The highest BCUT2D eigenvalue weighted by Gasteiger charge is 2.17. The topological polar surface area (TPSA) is 36.0 Å². The molecule has 1 aromatic rings. The van der Waals surface area contributed by atoms with Crippen molar-refractivity contribution >= 4 is 0 Å². The zero-order chi connectivity index (χ0) is 6.97. The number of aryl methyl sites for hydroxylation is 1. The lowest BCUT2D eigenvalue weighted by Gasteiger charge is -2.16. The molecule has 1 aliphatic carbocycles. The lowest BCUT2D eigenvalue weighted by Crippen LogP contribution is -2.07. The standard InChI is InChI=1S/C8H11NO/c10-7-3-1-2-6-4-5-9-8(6)7/h4-5,7,9-10H,1-3H2. The van der Waals surface area contributed by atoms with Crippen molar-refractivity contribution in [3.63, 3.8) is 0 Å². The predicted molar refractivity (Wildman–Crippen MR) is 38.7 cm³/mol. The van der Waals surface area contributed by atoms with Crippen LogP contribution in [-0.2, 0) is 6.42 Å². The first-order valence-electron chi connectivity index (χ1n) is 3.72. The molecule has 2 nitrogen and oxygen atoms in total. The van der Waals surface area contributed by atoms with Crippen LogP contribution in [0.1, 0.15) is 30.2 Å². The molecule has 0 spiro atoms. The molecule has 0 bridgehead atoms. The molecular weight excluding hydrogens is 126 g/mol. The van der Waals surface area contributed by atoms with Gasteiger partial charge in [0.05, 0.1) is 6.10 Å². The number of aromatic amines is 1. The summed E-state index contributed by atoms with van der Waals surface area (Å²) in [6, 6.07) is 2.05. The first-order chi connectivity index (χ1) is 4.88. The molecule has 2 heteroatoms. The van der Waals surface area contributed by atoms with Crippen LogP contribution in [0.15, 0.2) is 12.3 Å². The third-order valence-corrected chi connectivity index (χ3v) is 2.13. The fraction of sp³-hybridized carbons (Fsp3) is 0.500. The van der Waals surface area contributed by atoms with Crippen LogP contribution in [0.5, 0.6) is 0 Å². The van der Waals surface area contributed by atoms with Gasteiger partial charge in [0.15, 0.2) is 0 Å². The molecule has 0 amide bonds. The van der Waals surface area contributed by atoms with Crippen molar-refractivity contribution in [1.82, 2.24) is 4.98 Å². The minimum atomic E-state index is -0.237. The Balaban J connectivity index is 2.41. The second-order valence-electron chi connectivity index (χ2n) is 2.82. The maximum atomic E-state index is 9.42. The molecule has 1 unspecified atom stereocenters. The predicted octanol–water partition coefficient (Wildman–Crippen LogP) is 1.38. The van der Waals surface area contributed by atoms with Crippen molar-refractivity contribution in [3.05, 3.63) is 23.5 Å². The van der Waals surface area contributed by atoms with Crippen molar-refractivity contribution in [2.24, 2.45) is 0 Å². The number of nitrogens with one attached hydrogen (secondary N) is 1. The molecule has 1 heterocycles. The van der Waals surface area contributed by atoms with E-state index in [-0.39, 0.29) is 6.10 Å². The molecule has 1 atom stereocenters. The summed E-state index contributed by atoms with van der Waals surface area (Å²) in [5, 5.41) is 9.42. The Bertz CT molecular complexity index is 229. The molecule has 10 heavy (non-hydrogen) atoms. The summed E-state index contributed by atoms with van der Waals surface area (Å²) in [4.78, 5) is 3.06. The summed E-state index contributed by atoms with van der Waals surface area (Å²) in [6.45, 7) is 0. The highest BCUT2D eigenvalue weighted by atomic mass is 16.3. The molecule has 2 rings (SSSR count). The first kappa shape index (κ1) is 5.98. The molecule has 2 N–H and O–H groups in total. The highest BCUT2D eigenvalue weighted by Crippen LogP contribution is 2.27. The van der Waals surface area contributed by atoms with Gasteiger partial charge in [-0.3, -0.25) is 0 Å². The maximum absolute atomic E-state index is 9.42. The Morgan fingerprint density at radius 3 is 3.30 bits per heavy atom. The van der Waals surface area contributed by atoms with Crippen molar-refractivity contribution < 1.29 is 5.11 Å². The van der Waals surface area contributed by atoms with E-state index in [1.807, 2.05) is 6.20 Å². The number of aliphatic hydroxyl groups is 1. The van der Waals surface area contributed by atoms with E-state index in [0.717, 1.165) is 25.0 Å². The molecule has 0 radical (unpaired) electrons. The van der Waals surface area contributed by atoms with Gasteiger partial charge in [-0.15, -0.1) is 0 Å². The zero-order valence-electron chi connectivity index (χ0n) is 5.80. The summed E-state index contributed by atoms with van der Waals surface area (Å²) in [6.07, 6.45) is 4.81. The SMILES string of the molecule is OC1CCCc2cc[nH]c21. The monoisotopic (exact) mass is 137 g/mol. The minimum Gasteiger partial charge on any atom is -0.387 e. The van der Waals surface area contributed by atoms with Gasteiger partial charge in [0, 0.05) is 11.9 Å². The van der Waals surface area contributed by atoms with Gasteiger partial charge in [0.1, 0.15) is 0 Å². The average Bonchev–Trinajstić information content (AvgIpc) is 2.36. The smallest absolute Gasteiger partial charge is 0.0940 e. The van der Waals surface area contributed by atoms with Crippen LogP contribution in [-0.4, -0.2) is 10.1 Å². The summed E-state index contributed by atoms with van der Waals surface area (Å²) >= 11 is 0. The average molecular weight is 137 g/mol. The van der Waals surface area contributed by atoms with Crippen LogP contribution in [0.3, 0.4) is 0 Å². The van der Waals surface area contributed by atoms with Crippen LogP contribution in [0.2, 0.25) is 0 Å². The number of aromatic nitrogens is 1. The van der Waals surface area contributed by atoms with E-state index in [0.29, 0.717) is 0 Å². The van der Waals surface area contributed by atoms with E-state index in [1.54, 1.807) is 0 Å². The Hall–Kier alpha value is -0.760. The number of hydrogen-bond donors (Lipinski definition) is 2. The van der Waals surface area contributed by atoms with Crippen LogP contribution in [0, 0.1) is 0 Å². The molecular formula is C8H11NO. The van der Waals surface area contributed by atoms with E-state index in [9.17, 15) is 5.11 Å². The third-order valence-electron chi connectivity index (χ3n) is 2.13. The van der Waals surface area contributed by atoms with Crippen LogP contribution in [0.4, 0.5) is 0 Å². The Kier molecular flexibility index (Phi) is 1.27. The molecule has 0 saturated carbocycles. The van der Waals surface area contributed by atoms with Crippen molar-refractivity contribution in [2.75, 3.05) is 0 Å². The van der Waals surface area contributed by atoms with Gasteiger partial charge in [-0.1, -0.05) is 0 Å². The normalized spacial score (nSPS) is 24.3. The second-order valence-corrected chi connectivity index (χ2v) is 2.82. The molecule has 54 valence electrons. The lowest BCUT2D eigenvalue weighted by atomic mass is 9.96. The third kappa shape index (κ3) is 0.762. The number of rotatable bonds is 0. The molecule has 1 aromatic heterocycles. The summed E-state index contributed by atoms with van der Waals surface area (Å²) < 4.78 is 0. The van der Waals surface area contributed by atoms with Gasteiger partial charge in [-0.2, -0.15) is 0 Å². The maximum Gasteiger partial charge on any atom is 0.0940 e. The Morgan fingerprint density at radius 1 is 1.60 bits per heavy atom. The van der Waals surface area contributed by atoms with Gasteiger partial charge in [0.25, 0.3) is 0 Å². The van der Waals surface area contributed by atoms with Gasteiger partial charge >= 0.3 is 0 Å². The van der Waals surface area contributed by atoms with Crippen LogP contribution >= 0.6 is 0 Å². The number of H-pyrrole nitrogens is 1. The molecule has 0 aromatic carbocycles. The molecule has 0 fully saturated rings. The van der Waals surface area contributed by atoms with Crippen molar-refractivity contribution in [2.45, 2.75) is 25.4 Å². The summed E-state index contributed by atoms with van der Waals surface area (Å²) in [5.74, 6) is 0. The van der Waals surface area contributed by atoms with Crippen molar-refractivity contribution in [3.8, 4) is 0 Å². The summed E-state index contributed by atoms with van der Waals surface area (Å²) in [7, 11) is 0. The number of fused-ring (bicyclic) bond motifs is 1. The Morgan fingerprint density at radius 2 is 2.50 bits per heavy atom. The van der Waals surface area contributed by atoms with Gasteiger partial charge in [-0.05, 0) is 30.9 Å². The fourth-order valence-corrected chi connectivity index (χ4v) is 1.57. The van der Waals surface area contributed by atoms with Gasteiger partial charge in [0.2, 0.25) is 0 Å². The van der Waals surface area contributed by atoms with Crippen LogP contribution in [0.25, 0.3) is 0 Å². The van der Waals surface area contributed by atoms with Gasteiger partial charge in [-0.25, -0.2) is 0 Å².